The summed E-state index contributed by atoms with van der Waals surface area (Å²) in [4.78, 5) is 0. The first-order chi connectivity index (χ1) is 9.78. The van der Waals surface area contributed by atoms with Gasteiger partial charge in [0.1, 0.15) is 0 Å². The first-order valence-corrected chi connectivity index (χ1v) is 6.40. The fraction of sp³-hybridized carbons (Fsp3) is 0.188. The van der Waals surface area contributed by atoms with Crippen LogP contribution < -0.4 is 14.8 Å². The minimum Gasteiger partial charge on any atom is -0.454 e. The van der Waals surface area contributed by atoms with Crippen LogP contribution in [-0.2, 0) is 6.54 Å². The van der Waals surface area contributed by atoms with Crippen molar-refractivity contribution < 1.29 is 9.47 Å². The van der Waals surface area contributed by atoms with Gasteiger partial charge in [0.2, 0.25) is 6.79 Å². The van der Waals surface area contributed by atoms with E-state index in [4.69, 9.17) is 14.7 Å². The number of aryl methyl sites for hydroxylation is 1. The molecule has 1 N–H and O–H groups in total. The molecule has 0 aliphatic carbocycles. The third-order valence-electron chi connectivity index (χ3n) is 3.31. The third kappa shape index (κ3) is 2.26. The molecule has 2 aromatic rings. The maximum absolute atomic E-state index is 8.95. The van der Waals surface area contributed by atoms with Gasteiger partial charge in [0, 0.05) is 17.8 Å². The Morgan fingerprint density at radius 1 is 1.25 bits per heavy atom. The van der Waals surface area contributed by atoms with Crippen molar-refractivity contribution >= 4 is 5.69 Å². The molecule has 0 atom stereocenters. The molecule has 0 fully saturated rings. The molecule has 2 aromatic carbocycles. The lowest BCUT2D eigenvalue weighted by atomic mass is 10.1. The number of nitrogens with one attached hydrogen (secondary N) is 1. The molecule has 100 valence electrons. The van der Waals surface area contributed by atoms with Crippen LogP contribution in [0.5, 0.6) is 11.5 Å². The highest BCUT2D eigenvalue weighted by Gasteiger charge is 2.16. The highest BCUT2D eigenvalue weighted by molar-refractivity contribution is 5.56. The Labute approximate surface area is 117 Å². The molecule has 4 heteroatoms. The zero-order chi connectivity index (χ0) is 13.9. The summed E-state index contributed by atoms with van der Waals surface area (Å²) < 4.78 is 10.8. The molecule has 0 saturated carbocycles. The number of ether oxygens (including phenoxy) is 2. The first-order valence-electron chi connectivity index (χ1n) is 6.40. The van der Waals surface area contributed by atoms with Gasteiger partial charge in [-0.15, -0.1) is 0 Å². The van der Waals surface area contributed by atoms with E-state index in [-0.39, 0.29) is 6.79 Å². The molecule has 1 aliphatic heterocycles. The third-order valence-corrected chi connectivity index (χ3v) is 3.31. The van der Waals surface area contributed by atoms with E-state index in [1.54, 1.807) is 0 Å². The number of hydrogen-bond donors (Lipinski definition) is 1. The van der Waals surface area contributed by atoms with Gasteiger partial charge >= 0.3 is 0 Å². The Hall–Kier alpha value is -2.67. The van der Waals surface area contributed by atoms with E-state index in [0.29, 0.717) is 12.1 Å². The van der Waals surface area contributed by atoms with Crippen molar-refractivity contribution in [3.05, 3.63) is 53.1 Å². The Kier molecular flexibility index (Phi) is 3.18. The van der Waals surface area contributed by atoms with Gasteiger partial charge in [0.15, 0.2) is 11.5 Å². The van der Waals surface area contributed by atoms with Gasteiger partial charge in [0.05, 0.1) is 11.6 Å². The molecule has 20 heavy (non-hydrogen) atoms. The maximum Gasteiger partial charge on any atom is 0.231 e. The van der Waals surface area contributed by atoms with Crippen LogP contribution in [0.2, 0.25) is 0 Å². The van der Waals surface area contributed by atoms with E-state index in [9.17, 15) is 0 Å². The Bertz CT molecular complexity index is 687. The monoisotopic (exact) mass is 266 g/mol. The zero-order valence-corrected chi connectivity index (χ0v) is 11.1. The lowest BCUT2D eigenvalue weighted by molar-refractivity contribution is 0.173. The second kappa shape index (κ2) is 5.14. The summed E-state index contributed by atoms with van der Waals surface area (Å²) in [5, 5.41) is 12.3. The van der Waals surface area contributed by atoms with Crippen molar-refractivity contribution in [3.63, 3.8) is 0 Å². The van der Waals surface area contributed by atoms with Crippen LogP contribution in [-0.4, -0.2) is 6.79 Å². The quantitative estimate of drug-likeness (QED) is 0.926. The normalized spacial score (nSPS) is 12.0. The van der Waals surface area contributed by atoms with Crippen molar-refractivity contribution in [2.45, 2.75) is 13.5 Å². The minimum absolute atomic E-state index is 0.273. The Morgan fingerprint density at radius 3 is 3.00 bits per heavy atom. The second-order valence-corrected chi connectivity index (χ2v) is 4.65. The lowest BCUT2D eigenvalue weighted by Gasteiger charge is -2.11. The summed E-state index contributed by atoms with van der Waals surface area (Å²) >= 11 is 0. The molecule has 0 bridgehead atoms. The zero-order valence-electron chi connectivity index (χ0n) is 11.1. The summed E-state index contributed by atoms with van der Waals surface area (Å²) in [6.07, 6.45) is 0. The number of nitriles is 1. The number of nitrogens with zero attached hydrogens (tertiary/aromatic N) is 1. The van der Waals surface area contributed by atoms with Crippen molar-refractivity contribution in [3.8, 4) is 17.6 Å². The maximum atomic E-state index is 8.95. The van der Waals surface area contributed by atoms with Crippen molar-refractivity contribution in [2.24, 2.45) is 0 Å². The average molecular weight is 266 g/mol. The lowest BCUT2D eigenvalue weighted by Crippen LogP contribution is -2.02. The van der Waals surface area contributed by atoms with Crippen LogP contribution >= 0.6 is 0 Å². The van der Waals surface area contributed by atoms with E-state index >= 15 is 0 Å². The van der Waals surface area contributed by atoms with E-state index in [2.05, 4.69) is 11.4 Å². The van der Waals surface area contributed by atoms with Crippen molar-refractivity contribution in [1.29, 1.82) is 5.26 Å². The fourth-order valence-electron chi connectivity index (χ4n) is 2.20. The van der Waals surface area contributed by atoms with Gasteiger partial charge in [-0.05, 0) is 30.7 Å². The van der Waals surface area contributed by atoms with Crippen molar-refractivity contribution in [2.75, 3.05) is 12.1 Å². The smallest absolute Gasteiger partial charge is 0.231 e. The molecule has 3 rings (SSSR count). The highest BCUT2D eigenvalue weighted by Crippen LogP contribution is 2.35. The molecule has 1 aliphatic rings. The van der Waals surface area contributed by atoms with Crippen LogP contribution in [0.1, 0.15) is 16.7 Å². The van der Waals surface area contributed by atoms with Gasteiger partial charge in [-0.3, -0.25) is 0 Å². The van der Waals surface area contributed by atoms with Gasteiger partial charge in [-0.1, -0.05) is 18.2 Å². The number of rotatable bonds is 3. The summed E-state index contributed by atoms with van der Waals surface area (Å²) in [6, 6.07) is 13.6. The summed E-state index contributed by atoms with van der Waals surface area (Å²) in [6.45, 7) is 2.91. The first kappa shape index (κ1) is 12.4. The van der Waals surface area contributed by atoms with E-state index < -0.39 is 0 Å². The summed E-state index contributed by atoms with van der Waals surface area (Å²) in [5.74, 6) is 1.58. The minimum atomic E-state index is 0.273. The Balaban J connectivity index is 1.81. The second-order valence-electron chi connectivity index (χ2n) is 4.65. The predicted octanol–water partition coefficient (Wildman–Crippen LogP) is 3.21. The predicted molar refractivity (Wildman–Crippen MR) is 75.8 cm³/mol. The largest absolute Gasteiger partial charge is 0.454 e. The molecular weight excluding hydrogens is 252 g/mol. The van der Waals surface area contributed by atoms with Gasteiger partial charge in [0.25, 0.3) is 0 Å². The van der Waals surface area contributed by atoms with E-state index in [0.717, 1.165) is 28.3 Å². The van der Waals surface area contributed by atoms with Crippen LogP contribution in [0.25, 0.3) is 0 Å². The number of para-hydroxylation sites is 1. The summed E-state index contributed by atoms with van der Waals surface area (Å²) in [5.41, 5.74) is 3.76. The highest BCUT2D eigenvalue weighted by atomic mass is 16.7. The molecule has 1 heterocycles. The standard InChI is InChI=1S/C16H14N2O2/c1-11-5-6-12(8-17)7-14(11)18-9-13-3-2-4-15-16(13)20-10-19-15/h2-7,18H,9-10H2,1H3. The average Bonchev–Trinajstić information content (AvgIpc) is 2.95. The fourth-order valence-corrected chi connectivity index (χ4v) is 2.20. The number of hydrogen-bond acceptors (Lipinski definition) is 4. The molecule has 0 radical (unpaired) electrons. The SMILES string of the molecule is Cc1ccc(C#N)cc1NCc1cccc2c1OCO2. The summed E-state index contributed by atoms with van der Waals surface area (Å²) in [7, 11) is 0. The van der Waals surface area contributed by atoms with Crippen molar-refractivity contribution in [1.82, 2.24) is 0 Å². The van der Waals surface area contributed by atoms with Gasteiger partial charge < -0.3 is 14.8 Å². The van der Waals surface area contributed by atoms with Crippen LogP contribution in [0.4, 0.5) is 5.69 Å². The molecule has 0 saturated heterocycles. The molecule has 0 amide bonds. The molecule has 0 aromatic heterocycles. The molecule has 0 unspecified atom stereocenters. The topological polar surface area (TPSA) is 54.3 Å². The van der Waals surface area contributed by atoms with Crippen LogP contribution in [0, 0.1) is 18.3 Å². The van der Waals surface area contributed by atoms with Gasteiger partial charge in [-0.25, -0.2) is 0 Å². The molecule has 0 spiro atoms. The van der Waals surface area contributed by atoms with Gasteiger partial charge in [-0.2, -0.15) is 5.26 Å². The molecular formula is C16H14N2O2. The Morgan fingerprint density at radius 2 is 2.15 bits per heavy atom. The van der Waals surface area contributed by atoms with E-state index in [1.807, 2.05) is 43.3 Å². The van der Waals surface area contributed by atoms with Crippen LogP contribution in [0.3, 0.4) is 0 Å². The molecule has 4 nitrogen and oxygen atoms in total. The number of benzene rings is 2. The number of anilines is 1. The number of fused-ring (bicyclic) bond motifs is 1. The van der Waals surface area contributed by atoms with Crippen LogP contribution in [0.15, 0.2) is 36.4 Å². The van der Waals surface area contributed by atoms with E-state index in [1.165, 1.54) is 0 Å².